The Morgan fingerprint density at radius 2 is 2.19 bits per heavy atom. The highest BCUT2D eigenvalue weighted by molar-refractivity contribution is 8.00. The van der Waals surface area contributed by atoms with E-state index in [2.05, 4.69) is 5.32 Å². The fraction of sp³-hybridized carbons (Fsp3) is 0.917. The molecule has 0 aromatic carbocycles. The number of carbonyl (C=O) groups is 1. The Morgan fingerprint density at radius 1 is 1.44 bits per heavy atom. The van der Waals surface area contributed by atoms with E-state index in [9.17, 15) is 4.79 Å². The van der Waals surface area contributed by atoms with Crippen LogP contribution in [-0.4, -0.2) is 47.5 Å². The Morgan fingerprint density at radius 3 is 2.81 bits per heavy atom. The minimum Gasteiger partial charge on any atom is -0.341 e. The van der Waals surface area contributed by atoms with E-state index in [1.165, 1.54) is 31.4 Å². The van der Waals surface area contributed by atoms with E-state index in [0.717, 1.165) is 24.9 Å². The number of nitrogens with one attached hydrogen (secondary N) is 1. The molecule has 2 saturated heterocycles. The molecule has 0 aromatic rings. The third-order valence-electron chi connectivity index (χ3n) is 3.46. The second kappa shape index (κ2) is 5.92. The fourth-order valence-corrected chi connectivity index (χ4v) is 3.63. The minimum atomic E-state index is -0.000648. The molecular weight excluding hydrogens is 220 g/mol. The van der Waals surface area contributed by atoms with Crippen LogP contribution in [0.5, 0.6) is 0 Å². The summed E-state index contributed by atoms with van der Waals surface area (Å²) in [6.07, 6.45) is 5.00. The third-order valence-corrected chi connectivity index (χ3v) is 4.86. The molecule has 1 N–H and O–H groups in total. The van der Waals surface area contributed by atoms with Gasteiger partial charge < -0.3 is 10.2 Å². The van der Waals surface area contributed by atoms with Crippen LogP contribution in [0.2, 0.25) is 0 Å². The average Bonchev–Trinajstić information content (AvgIpc) is 2.96. The molecule has 0 bridgehead atoms. The highest BCUT2D eigenvalue weighted by Crippen LogP contribution is 2.25. The molecule has 0 radical (unpaired) electrons. The van der Waals surface area contributed by atoms with Crippen LogP contribution >= 0.6 is 11.8 Å². The molecule has 2 rings (SSSR count). The molecular formula is C12H22N2OS. The van der Waals surface area contributed by atoms with Gasteiger partial charge >= 0.3 is 0 Å². The third kappa shape index (κ3) is 3.14. The van der Waals surface area contributed by atoms with E-state index in [1.54, 1.807) is 0 Å². The van der Waals surface area contributed by atoms with Crippen molar-refractivity contribution in [3.05, 3.63) is 0 Å². The van der Waals surface area contributed by atoms with Crippen LogP contribution in [0, 0.1) is 0 Å². The lowest BCUT2D eigenvalue weighted by Crippen LogP contribution is -2.45. The smallest absolute Gasteiger partial charge is 0.239 e. The molecule has 2 unspecified atom stereocenters. The van der Waals surface area contributed by atoms with Gasteiger partial charge in [0, 0.05) is 24.9 Å². The topological polar surface area (TPSA) is 32.3 Å². The van der Waals surface area contributed by atoms with Crippen LogP contribution in [0.25, 0.3) is 0 Å². The summed E-state index contributed by atoms with van der Waals surface area (Å²) in [6, 6.07) is -0.000648. The molecule has 2 aliphatic rings. The first-order valence-electron chi connectivity index (χ1n) is 6.41. The Bertz CT molecular complexity index is 235. The molecule has 2 aliphatic heterocycles. The summed E-state index contributed by atoms with van der Waals surface area (Å²) in [7, 11) is 0. The highest BCUT2D eigenvalue weighted by Gasteiger charge is 2.24. The summed E-state index contributed by atoms with van der Waals surface area (Å²) >= 11 is 2.04. The largest absolute Gasteiger partial charge is 0.341 e. The van der Waals surface area contributed by atoms with Gasteiger partial charge in [-0.15, -0.1) is 0 Å². The molecule has 3 nitrogen and oxygen atoms in total. The van der Waals surface area contributed by atoms with Gasteiger partial charge in [0.2, 0.25) is 5.91 Å². The molecule has 0 saturated carbocycles. The molecule has 0 aliphatic carbocycles. The Labute approximate surface area is 102 Å². The molecule has 16 heavy (non-hydrogen) atoms. The molecule has 0 spiro atoms. The normalized spacial score (nSPS) is 27.3. The first-order valence-corrected chi connectivity index (χ1v) is 7.46. The molecule has 1 amide bonds. The van der Waals surface area contributed by atoms with Crippen LogP contribution in [0.3, 0.4) is 0 Å². The molecule has 4 heteroatoms. The van der Waals surface area contributed by atoms with Crippen molar-refractivity contribution in [2.24, 2.45) is 0 Å². The standard InChI is InChI=1S/C12H22N2OS/c1-10(12(15)14-6-2-3-7-14)13-9-11-5-4-8-16-11/h10-11,13H,2-9H2,1H3. The van der Waals surface area contributed by atoms with E-state index in [-0.39, 0.29) is 6.04 Å². The van der Waals surface area contributed by atoms with Gasteiger partial charge in [-0.2, -0.15) is 11.8 Å². The van der Waals surface area contributed by atoms with Crippen LogP contribution in [-0.2, 0) is 4.79 Å². The fourth-order valence-electron chi connectivity index (χ4n) is 2.41. The van der Waals surface area contributed by atoms with E-state index < -0.39 is 0 Å². The van der Waals surface area contributed by atoms with Gasteiger partial charge in [-0.25, -0.2) is 0 Å². The Hall–Kier alpha value is -0.220. The first kappa shape index (κ1) is 12.2. The van der Waals surface area contributed by atoms with E-state index in [4.69, 9.17) is 0 Å². The van der Waals surface area contributed by atoms with Crippen molar-refractivity contribution in [3.8, 4) is 0 Å². The SMILES string of the molecule is CC(NCC1CCCS1)C(=O)N1CCCC1. The highest BCUT2D eigenvalue weighted by atomic mass is 32.2. The van der Waals surface area contributed by atoms with Crippen molar-refractivity contribution in [2.75, 3.05) is 25.4 Å². The summed E-state index contributed by atoms with van der Waals surface area (Å²) in [5.74, 6) is 1.58. The second-order valence-corrected chi connectivity index (χ2v) is 6.21. The van der Waals surface area contributed by atoms with Gasteiger partial charge in [0.1, 0.15) is 0 Å². The minimum absolute atomic E-state index is 0.000648. The maximum absolute atomic E-state index is 12.0. The van der Waals surface area contributed by atoms with Crippen molar-refractivity contribution in [1.82, 2.24) is 10.2 Å². The van der Waals surface area contributed by atoms with Crippen LogP contribution in [0.4, 0.5) is 0 Å². The summed E-state index contributed by atoms with van der Waals surface area (Å²) in [4.78, 5) is 14.0. The number of amides is 1. The number of likely N-dealkylation sites (tertiary alicyclic amines) is 1. The predicted octanol–water partition coefficient (Wildman–Crippen LogP) is 1.48. The summed E-state index contributed by atoms with van der Waals surface area (Å²) in [5.41, 5.74) is 0. The second-order valence-electron chi connectivity index (χ2n) is 4.80. The summed E-state index contributed by atoms with van der Waals surface area (Å²) in [6.45, 7) is 4.91. The van der Waals surface area contributed by atoms with Crippen molar-refractivity contribution in [1.29, 1.82) is 0 Å². The Kier molecular flexibility index (Phi) is 4.53. The number of hydrogen-bond donors (Lipinski definition) is 1. The number of hydrogen-bond acceptors (Lipinski definition) is 3. The van der Waals surface area contributed by atoms with Crippen molar-refractivity contribution in [3.63, 3.8) is 0 Å². The molecule has 0 aromatic heterocycles. The van der Waals surface area contributed by atoms with Crippen molar-refractivity contribution < 1.29 is 4.79 Å². The van der Waals surface area contributed by atoms with Crippen LogP contribution < -0.4 is 5.32 Å². The van der Waals surface area contributed by atoms with Crippen LogP contribution in [0.1, 0.15) is 32.6 Å². The maximum Gasteiger partial charge on any atom is 0.239 e. The number of rotatable bonds is 4. The monoisotopic (exact) mass is 242 g/mol. The summed E-state index contributed by atoms with van der Waals surface area (Å²) < 4.78 is 0. The van der Waals surface area contributed by atoms with Crippen molar-refractivity contribution >= 4 is 17.7 Å². The number of thioether (sulfide) groups is 1. The lowest BCUT2D eigenvalue weighted by molar-refractivity contribution is -0.131. The predicted molar refractivity (Wildman–Crippen MR) is 68.8 cm³/mol. The molecule has 2 fully saturated rings. The molecule has 2 heterocycles. The van der Waals surface area contributed by atoms with E-state index in [0.29, 0.717) is 5.91 Å². The maximum atomic E-state index is 12.0. The lowest BCUT2D eigenvalue weighted by atomic mass is 10.2. The molecule has 2 atom stereocenters. The van der Waals surface area contributed by atoms with Gasteiger partial charge in [-0.1, -0.05) is 0 Å². The number of nitrogens with zero attached hydrogens (tertiary/aromatic N) is 1. The average molecular weight is 242 g/mol. The molecule has 92 valence electrons. The summed E-state index contributed by atoms with van der Waals surface area (Å²) in [5, 5.41) is 4.12. The zero-order chi connectivity index (χ0) is 11.4. The van der Waals surface area contributed by atoms with Gasteiger partial charge in [0.05, 0.1) is 6.04 Å². The van der Waals surface area contributed by atoms with Crippen LogP contribution in [0.15, 0.2) is 0 Å². The van der Waals surface area contributed by atoms with Gasteiger partial charge in [-0.05, 0) is 38.4 Å². The lowest BCUT2D eigenvalue weighted by Gasteiger charge is -2.22. The van der Waals surface area contributed by atoms with Gasteiger partial charge in [-0.3, -0.25) is 4.79 Å². The zero-order valence-corrected chi connectivity index (χ0v) is 10.9. The van der Waals surface area contributed by atoms with Gasteiger partial charge in [0.15, 0.2) is 0 Å². The first-order chi connectivity index (χ1) is 7.77. The van der Waals surface area contributed by atoms with Crippen molar-refractivity contribution in [2.45, 2.75) is 43.9 Å². The van der Waals surface area contributed by atoms with E-state index >= 15 is 0 Å². The number of carbonyl (C=O) groups excluding carboxylic acids is 1. The zero-order valence-electron chi connectivity index (χ0n) is 10.1. The quantitative estimate of drug-likeness (QED) is 0.810. The van der Waals surface area contributed by atoms with Gasteiger partial charge in [0.25, 0.3) is 0 Å². The Balaban J connectivity index is 1.69. The van der Waals surface area contributed by atoms with E-state index in [1.807, 2.05) is 23.6 Å².